The number of esters is 1. The number of para-hydroxylation sites is 2. The Hall–Kier alpha value is -5.01. The number of hydrogen-bond donors (Lipinski definition) is 4. The summed E-state index contributed by atoms with van der Waals surface area (Å²) in [5.41, 5.74) is -1.54. The van der Waals surface area contributed by atoms with Crippen molar-refractivity contribution in [2.75, 3.05) is 19.6 Å². The molecular weight excluding hydrogens is 612 g/mol. The zero-order chi connectivity index (χ0) is 34.9. The van der Waals surface area contributed by atoms with Crippen LogP contribution in [0.4, 0.5) is 19.2 Å². The van der Waals surface area contributed by atoms with E-state index in [1.54, 1.807) is 102 Å². The van der Waals surface area contributed by atoms with Crippen LogP contribution < -0.4 is 30.7 Å². The fraction of sp³-hybridized carbons (Fsp3) is 0.485. The molecule has 0 aromatic heterocycles. The summed E-state index contributed by atoms with van der Waals surface area (Å²) in [5.74, 6) is -0.182. The molecule has 0 bridgehead atoms. The van der Waals surface area contributed by atoms with E-state index in [0.717, 1.165) is 0 Å². The van der Waals surface area contributed by atoms with Gasteiger partial charge in [-0.15, -0.1) is 0 Å². The third kappa shape index (κ3) is 17.9. The average Bonchev–Trinajstić information content (AvgIpc) is 2.97. The maximum Gasteiger partial charge on any atom is 0.413 e. The second-order valence-electron chi connectivity index (χ2n) is 12.3. The highest BCUT2D eigenvalue weighted by Gasteiger charge is 2.28. The van der Waals surface area contributed by atoms with Crippen LogP contribution in [0.25, 0.3) is 0 Å². The Morgan fingerprint density at radius 2 is 1.09 bits per heavy atom. The van der Waals surface area contributed by atoms with Crippen LogP contribution in [-0.4, -0.2) is 73.3 Å². The molecule has 0 heterocycles. The van der Waals surface area contributed by atoms with Crippen molar-refractivity contribution in [3.63, 3.8) is 0 Å². The number of carbonyl (C=O) groups excluding carboxylic acids is 5. The van der Waals surface area contributed by atoms with Gasteiger partial charge in [0.05, 0.1) is 13.1 Å². The first-order valence-electron chi connectivity index (χ1n) is 15.3. The number of amides is 4. The molecule has 0 saturated heterocycles. The summed E-state index contributed by atoms with van der Waals surface area (Å²) in [6.07, 6.45) is -3.16. The maximum atomic E-state index is 13.4. The summed E-state index contributed by atoms with van der Waals surface area (Å²) in [4.78, 5) is 62.7. The van der Waals surface area contributed by atoms with Gasteiger partial charge in [0.2, 0.25) is 0 Å². The summed E-state index contributed by atoms with van der Waals surface area (Å²) in [6, 6.07) is 15.7. The number of rotatable bonds is 14. The molecule has 0 spiro atoms. The summed E-state index contributed by atoms with van der Waals surface area (Å²) in [5, 5.41) is 10.2. The van der Waals surface area contributed by atoms with Crippen molar-refractivity contribution in [2.45, 2.75) is 84.2 Å². The lowest BCUT2D eigenvalue weighted by Gasteiger charge is -2.25. The van der Waals surface area contributed by atoms with E-state index in [-0.39, 0.29) is 31.8 Å². The Kier molecular flexibility index (Phi) is 15.3. The van der Waals surface area contributed by atoms with Gasteiger partial charge in [0.15, 0.2) is 0 Å². The summed E-state index contributed by atoms with van der Waals surface area (Å²) < 4.78 is 26.6. The average molecular weight is 659 g/mol. The normalized spacial score (nSPS) is 11.8. The lowest BCUT2D eigenvalue weighted by molar-refractivity contribution is -0.151. The molecule has 0 aliphatic rings. The standard InChI is InChI=1S/C33H46N4O10/c1-32(2,3)46-29(40)35-21-25(22-36-30(41)47-33(4,5)6)43-27(38)26(37-31(42)45-24-17-11-8-12-18-24)19-13-14-20-34-28(39)44-23-15-9-7-10-16-23/h7-12,15-18,25-26H,13-14,19-22H2,1-6H3,(H,34,39)(H,35,40)(H,36,41)(H,37,42). The van der Waals surface area contributed by atoms with Gasteiger partial charge < -0.3 is 45.0 Å². The van der Waals surface area contributed by atoms with Crippen molar-refractivity contribution in [3.05, 3.63) is 60.7 Å². The quantitative estimate of drug-likeness (QED) is 0.122. The fourth-order valence-corrected chi connectivity index (χ4v) is 3.74. The molecule has 0 radical (unpaired) electrons. The molecule has 2 aromatic carbocycles. The van der Waals surface area contributed by atoms with Gasteiger partial charge in [0.1, 0.15) is 34.8 Å². The largest absolute Gasteiger partial charge is 0.457 e. The van der Waals surface area contributed by atoms with E-state index in [4.69, 9.17) is 23.7 Å². The summed E-state index contributed by atoms with van der Waals surface area (Å²) in [6.45, 7) is 9.98. The third-order valence-corrected chi connectivity index (χ3v) is 5.70. The van der Waals surface area contributed by atoms with Crippen LogP contribution in [0.5, 0.6) is 11.5 Å². The van der Waals surface area contributed by atoms with Gasteiger partial charge in [-0.2, -0.15) is 0 Å². The third-order valence-electron chi connectivity index (χ3n) is 5.70. The number of nitrogens with one attached hydrogen (secondary N) is 4. The van der Waals surface area contributed by atoms with Crippen LogP contribution >= 0.6 is 0 Å². The molecule has 14 heteroatoms. The molecule has 1 atom stereocenters. The molecule has 47 heavy (non-hydrogen) atoms. The van der Waals surface area contributed by atoms with Crippen molar-refractivity contribution >= 4 is 30.3 Å². The fourth-order valence-electron chi connectivity index (χ4n) is 3.74. The first-order chi connectivity index (χ1) is 22.1. The van der Waals surface area contributed by atoms with Gasteiger partial charge in [-0.05, 0) is 85.1 Å². The topological polar surface area (TPSA) is 180 Å². The molecule has 2 aromatic rings. The first-order valence-corrected chi connectivity index (χ1v) is 15.3. The number of ether oxygens (including phenoxy) is 5. The van der Waals surface area contributed by atoms with Crippen LogP contribution in [0.2, 0.25) is 0 Å². The molecule has 0 aliphatic heterocycles. The van der Waals surface area contributed by atoms with E-state index < -0.39 is 53.7 Å². The van der Waals surface area contributed by atoms with Crippen molar-refractivity contribution in [1.29, 1.82) is 0 Å². The van der Waals surface area contributed by atoms with E-state index >= 15 is 0 Å². The van der Waals surface area contributed by atoms with Gasteiger partial charge in [-0.25, -0.2) is 24.0 Å². The monoisotopic (exact) mass is 658 g/mol. The number of hydrogen-bond acceptors (Lipinski definition) is 10. The number of benzene rings is 2. The first kappa shape index (κ1) is 38.2. The smallest absolute Gasteiger partial charge is 0.413 e. The van der Waals surface area contributed by atoms with E-state index in [1.807, 2.05) is 0 Å². The minimum Gasteiger partial charge on any atom is -0.457 e. The molecule has 4 N–H and O–H groups in total. The molecule has 0 fully saturated rings. The van der Waals surface area contributed by atoms with Crippen LogP contribution in [-0.2, 0) is 19.0 Å². The molecule has 1 unspecified atom stereocenters. The minimum absolute atomic E-state index is 0.115. The Morgan fingerprint density at radius 1 is 0.617 bits per heavy atom. The van der Waals surface area contributed by atoms with Gasteiger partial charge >= 0.3 is 30.3 Å². The van der Waals surface area contributed by atoms with Crippen molar-refractivity contribution in [1.82, 2.24) is 21.3 Å². The van der Waals surface area contributed by atoms with Crippen LogP contribution in [0.15, 0.2) is 60.7 Å². The Balaban J connectivity index is 2.05. The van der Waals surface area contributed by atoms with Crippen LogP contribution in [0, 0.1) is 0 Å². The van der Waals surface area contributed by atoms with E-state index in [0.29, 0.717) is 18.6 Å². The molecule has 2 rings (SSSR count). The minimum atomic E-state index is -1.17. The molecule has 4 amide bonds. The van der Waals surface area contributed by atoms with Crippen LogP contribution in [0.1, 0.15) is 60.8 Å². The van der Waals surface area contributed by atoms with E-state index in [1.165, 1.54) is 0 Å². The number of alkyl carbamates (subject to hydrolysis) is 2. The SMILES string of the molecule is CC(C)(C)OC(=O)NCC(CNC(=O)OC(C)(C)C)OC(=O)C(CCCCNC(=O)Oc1ccccc1)NC(=O)Oc1ccccc1. The summed E-state index contributed by atoms with van der Waals surface area (Å²) in [7, 11) is 0. The predicted octanol–water partition coefficient (Wildman–Crippen LogP) is 5.06. The lowest BCUT2D eigenvalue weighted by Crippen LogP contribution is -2.49. The maximum absolute atomic E-state index is 13.4. The molecular formula is C33H46N4O10. The second-order valence-corrected chi connectivity index (χ2v) is 12.3. The van der Waals surface area contributed by atoms with Crippen molar-refractivity contribution in [2.24, 2.45) is 0 Å². The molecule has 0 saturated carbocycles. The summed E-state index contributed by atoms with van der Waals surface area (Å²) >= 11 is 0. The Morgan fingerprint density at radius 3 is 1.55 bits per heavy atom. The molecule has 0 aliphatic carbocycles. The molecule has 258 valence electrons. The van der Waals surface area contributed by atoms with Gasteiger partial charge in [-0.3, -0.25) is 0 Å². The van der Waals surface area contributed by atoms with Gasteiger partial charge in [0.25, 0.3) is 0 Å². The highest BCUT2D eigenvalue weighted by molar-refractivity contribution is 5.82. The number of unbranched alkanes of at least 4 members (excludes halogenated alkanes) is 1. The highest BCUT2D eigenvalue weighted by Crippen LogP contribution is 2.12. The Labute approximate surface area is 275 Å². The van der Waals surface area contributed by atoms with E-state index in [2.05, 4.69) is 21.3 Å². The van der Waals surface area contributed by atoms with Gasteiger partial charge in [0, 0.05) is 6.54 Å². The van der Waals surface area contributed by atoms with Gasteiger partial charge in [-0.1, -0.05) is 36.4 Å². The zero-order valence-corrected chi connectivity index (χ0v) is 27.8. The van der Waals surface area contributed by atoms with Crippen molar-refractivity contribution in [3.8, 4) is 11.5 Å². The lowest BCUT2D eigenvalue weighted by atomic mass is 10.1. The number of carbonyl (C=O) groups is 5. The zero-order valence-electron chi connectivity index (χ0n) is 27.8. The highest BCUT2D eigenvalue weighted by atomic mass is 16.6. The Bertz CT molecular complexity index is 1260. The van der Waals surface area contributed by atoms with Crippen molar-refractivity contribution < 1.29 is 47.7 Å². The van der Waals surface area contributed by atoms with E-state index in [9.17, 15) is 24.0 Å². The second kappa shape index (κ2) is 18.8. The predicted molar refractivity (Wildman–Crippen MR) is 172 cm³/mol. The van der Waals surface area contributed by atoms with Crippen LogP contribution in [0.3, 0.4) is 0 Å². The molecule has 14 nitrogen and oxygen atoms in total.